The normalized spacial score (nSPS) is 63.3. The largest absolute Gasteiger partial charge is 0.390 e. The Morgan fingerprint density at radius 1 is 0.839 bits per heavy atom. The second-order valence-corrected chi connectivity index (χ2v) is 13.2. The summed E-state index contributed by atoms with van der Waals surface area (Å²) in [6.07, 6.45) is 9.51. The van der Waals surface area contributed by atoms with E-state index in [2.05, 4.69) is 27.7 Å². The van der Waals surface area contributed by atoms with Crippen LogP contribution in [0.1, 0.15) is 85.5 Å². The first-order valence-corrected chi connectivity index (χ1v) is 13.4. The highest BCUT2D eigenvalue weighted by Gasteiger charge is 2.69. The minimum Gasteiger partial charge on any atom is -0.390 e. The zero-order chi connectivity index (χ0) is 21.8. The molecule has 0 unspecified atom stereocenters. The summed E-state index contributed by atoms with van der Waals surface area (Å²) in [6, 6.07) is 0. The van der Waals surface area contributed by atoms with Gasteiger partial charge in [0.15, 0.2) is 5.79 Å². The number of rotatable bonds is 0. The lowest BCUT2D eigenvalue weighted by Gasteiger charge is -2.61. The van der Waals surface area contributed by atoms with Crippen LogP contribution in [0.3, 0.4) is 0 Å². The Kier molecular flexibility index (Phi) is 4.78. The molecule has 4 aliphatic carbocycles. The zero-order valence-corrected chi connectivity index (χ0v) is 20.1. The van der Waals surface area contributed by atoms with Crippen molar-refractivity contribution in [2.75, 3.05) is 6.61 Å². The van der Waals surface area contributed by atoms with Gasteiger partial charge in [-0.1, -0.05) is 27.7 Å². The zero-order valence-electron chi connectivity index (χ0n) is 20.1. The van der Waals surface area contributed by atoms with Crippen LogP contribution in [0.5, 0.6) is 0 Å². The molecule has 6 aliphatic rings. The maximum absolute atomic E-state index is 10.6. The maximum atomic E-state index is 10.6. The number of ether oxygens (including phenoxy) is 2. The minimum absolute atomic E-state index is 0.191. The Morgan fingerprint density at radius 3 is 2.39 bits per heavy atom. The SMILES string of the molecule is C[C@@H]1CC[C@@]2(OC1)O[C@@H]1C[C@@H]3[C@H]4CC[C@H]5C[C@@H](O)[C@@H](O)C[C@]5(C)[C@@H]4CC[C@]3(C)[C@@H]1[C@H]2C. The lowest BCUT2D eigenvalue weighted by atomic mass is 9.44. The third-order valence-corrected chi connectivity index (χ3v) is 12.0. The lowest BCUT2D eigenvalue weighted by molar-refractivity contribution is -0.273. The van der Waals surface area contributed by atoms with Crippen LogP contribution >= 0.6 is 0 Å². The fourth-order valence-corrected chi connectivity index (χ4v) is 10.3. The van der Waals surface area contributed by atoms with E-state index >= 15 is 0 Å². The molecule has 6 rings (SSSR count). The predicted molar refractivity (Wildman–Crippen MR) is 119 cm³/mol. The van der Waals surface area contributed by atoms with Crippen LogP contribution in [0.15, 0.2) is 0 Å². The van der Waals surface area contributed by atoms with Crippen LogP contribution < -0.4 is 0 Å². The quantitative estimate of drug-likeness (QED) is 0.579. The Hall–Kier alpha value is -0.160. The standard InChI is InChI=1S/C27H44O4/c1-15-7-10-27(30-14-15)16(2)24-23(31-27)12-20-18-6-5-17-11-21(28)22(29)13-26(17,4)19(18)8-9-25(20,24)3/h15-24,28-29H,5-14H2,1-4H3/t15-,16-,17+,18+,19-,20-,21-,22+,23-,24-,25+,26+,27-/m1/s1. The Labute approximate surface area is 188 Å². The number of hydrogen-bond acceptors (Lipinski definition) is 4. The molecule has 1 spiro atoms. The average Bonchev–Trinajstić information content (AvgIpc) is 3.16. The topological polar surface area (TPSA) is 58.9 Å². The van der Waals surface area contributed by atoms with Gasteiger partial charge in [0.25, 0.3) is 0 Å². The molecule has 4 heteroatoms. The molecule has 2 N–H and O–H groups in total. The van der Waals surface area contributed by atoms with E-state index in [9.17, 15) is 10.2 Å². The van der Waals surface area contributed by atoms with Gasteiger partial charge in [-0.3, -0.25) is 0 Å². The van der Waals surface area contributed by atoms with E-state index in [1.807, 2.05) is 0 Å². The molecule has 0 amide bonds. The van der Waals surface area contributed by atoms with Gasteiger partial charge >= 0.3 is 0 Å². The number of aliphatic hydroxyl groups is 2. The maximum Gasteiger partial charge on any atom is 0.171 e. The van der Waals surface area contributed by atoms with Gasteiger partial charge < -0.3 is 19.7 Å². The summed E-state index contributed by atoms with van der Waals surface area (Å²) in [6.45, 7) is 10.6. The summed E-state index contributed by atoms with van der Waals surface area (Å²) in [4.78, 5) is 0. The second-order valence-electron chi connectivity index (χ2n) is 13.2. The summed E-state index contributed by atoms with van der Waals surface area (Å²) in [5, 5.41) is 20.9. The molecular weight excluding hydrogens is 388 g/mol. The van der Waals surface area contributed by atoms with E-state index in [1.165, 1.54) is 38.5 Å². The number of aliphatic hydroxyl groups excluding tert-OH is 2. The molecule has 0 aromatic heterocycles. The van der Waals surface area contributed by atoms with Crippen molar-refractivity contribution in [3.8, 4) is 0 Å². The molecule has 4 nitrogen and oxygen atoms in total. The highest BCUT2D eigenvalue weighted by molar-refractivity contribution is 5.15. The van der Waals surface area contributed by atoms with E-state index in [4.69, 9.17) is 9.47 Å². The summed E-state index contributed by atoms with van der Waals surface area (Å²) in [5.41, 5.74) is 0.550. The molecule has 31 heavy (non-hydrogen) atoms. The highest BCUT2D eigenvalue weighted by Crippen LogP contribution is 2.71. The summed E-state index contributed by atoms with van der Waals surface area (Å²) < 4.78 is 13.3. The van der Waals surface area contributed by atoms with Crippen molar-refractivity contribution in [2.24, 2.45) is 52.3 Å². The summed E-state index contributed by atoms with van der Waals surface area (Å²) in [7, 11) is 0. The van der Waals surface area contributed by atoms with Gasteiger partial charge in [0, 0.05) is 12.3 Å². The van der Waals surface area contributed by atoms with Crippen LogP contribution in [-0.4, -0.2) is 40.9 Å². The number of hydrogen-bond donors (Lipinski definition) is 2. The van der Waals surface area contributed by atoms with E-state index in [0.29, 0.717) is 41.1 Å². The molecule has 0 bridgehead atoms. The molecular formula is C27H44O4. The van der Waals surface area contributed by atoms with Crippen LogP contribution in [0.25, 0.3) is 0 Å². The third kappa shape index (κ3) is 2.80. The Morgan fingerprint density at radius 2 is 1.65 bits per heavy atom. The Balaban J connectivity index is 1.26. The van der Waals surface area contributed by atoms with Gasteiger partial charge in [0.05, 0.1) is 24.9 Å². The molecule has 2 heterocycles. The molecule has 2 saturated heterocycles. The van der Waals surface area contributed by atoms with E-state index in [-0.39, 0.29) is 11.2 Å². The van der Waals surface area contributed by atoms with Gasteiger partial charge in [-0.05, 0) is 97.7 Å². The summed E-state index contributed by atoms with van der Waals surface area (Å²) >= 11 is 0. The highest BCUT2D eigenvalue weighted by atomic mass is 16.7. The number of fused-ring (bicyclic) bond motifs is 7. The van der Waals surface area contributed by atoms with Gasteiger partial charge in [-0.15, -0.1) is 0 Å². The van der Waals surface area contributed by atoms with Crippen molar-refractivity contribution in [3.05, 3.63) is 0 Å². The van der Waals surface area contributed by atoms with Gasteiger partial charge in [-0.25, -0.2) is 0 Å². The van der Waals surface area contributed by atoms with Crippen molar-refractivity contribution in [2.45, 2.75) is 110 Å². The lowest BCUT2D eigenvalue weighted by Crippen LogP contribution is -2.57. The van der Waals surface area contributed by atoms with Gasteiger partial charge in [0.1, 0.15) is 0 Å². The van der Waals surface area contributed by atoms with Crippen LogP contribution in [-0.2, 0) is 9.47 Å². The molecule has 0 radical (unpaired) electrons. The predicted octanol–water partition coefficient (Wildman–Crippen LogP) is 4.76. The minimum atomic E-state index is -0.537. The molecule has 6 fully saturated rings. The molecule has 0 aromatic carbocycles. The molecule has 0 aromatic rings. The van der Waals surface area contributed by atoms with Crippen molar-refractivity contribution in [1.29, 1.82) is 0 Å². The second kappa shape index (κ2) is 6.93. The average molecular weight is 433 g/mol. The van der Waals surface area contributed by atoms with Crippen molar-refractivity contribution in [3.63, 3.8) is 0 Å². The molecule has 13 atom stereocenters. The molecule has 176 valence electrons. The summed E-state index contributed by atoms with van der Waals surface area (Å²) in [5.74, 6) is 4.21. The van der Waals surface area contributed by atoms with Crippen molar-refractivity contribution < 1.29 is 19.7 Å². The fraction of sp³-hybridized carbons (Fsp3) is 1.00. The van der Waals surface area contributed by atoms with Crippen LogP contribution in [0.4, 0.5) is 0 Å². The first-order chi connectivity index (χ1) is 14.7. The Bertz CT molecular complexity index is 716. The first-order valence-electron chi connectivity index (χ1n) is 13.4. The van der Waals surface area contributed by atoms with Crippen molar-refractivity contribution in [1.82, 2.24) is 0 Å². The van der Waals surface area contributed by atoms with Crippen molar-refractivity contribution >= 4 is 0 Å². The monoisotopic (exact) mass is 432 g/mol. The van der Waals surface area contributed by atoms with Crippen LogP contribution in [0.2, 0.25) is 0 Å². The van der Waals surface area contributed by atoms with Crippen LogP contribution in [0, 0.1) is 52.3 Å². The smallest absolute Gasteiger partial charge is 0.171 e. The van der Waals surface area contributed by atoms with Gasteiger partial charge in [0.2, 0.25) is 0 Å². The van der Waals surface area contributed by atoms with E-state index in [1.54, 1.807) is 0 Å². The first kappa shape index (κ1) is 21.4. The fourth-order valence-electron chi connectivity index (χ4n) is 10.3. The van der Waals surface area contributed by atoms with E-state index < -0.39 is 12.2 Å². The molecule has 4 saturated carbocycles. The molecule has 2 aliphatic heterocycles. The van der Waals surface area contributed by atoms with Gasteiger partial charge in [-0.2, -0.15) is 0 Å². The van der Waals surface area contributed by atoms with E-state index in [0.717, 1.165) is 37.7 Å². The third-order valence-electron chi connectivity index (χ3n) is 12.0.